The lowest BCUT2D eigenvalue weighted by atomic mass is 10.1. The average Bonchev–Trinajstić information content (AvgIpc) is 3.06. The number of pyridine rings is 1. The van der Waals surface area contributed by atoms with E-state index in [0.29, 0.717) is 12.2 Å². The van der Waals surface area contributed by atoms with Crippen molar-refractivity contribution < 1.29 is 9.53 Å². The van der Waals surface area contributed by atoms with E-state index in [1.54, 1.807) is 12.3 Å². The van der Waals surface area contributed by atoms with Crippen molar-refractivity contribution in [3.63, 3.8) is 0 Å². The average molecular weight is 351 g/mol. The summed E-state index contributed by atoms with van der Waals surface area (Å²) in [6.07, 6.45) is 2.70. The fourth-order valence-electron chi connectivity index (χ4n) is 2.02. The third kappa shape index (κ3) is 5.73. The number of aromatic nitrogens is 1. The van der Waals surface area contributed by atoms with E-state index >= 15 is 0 Å². The molecule has 23 heavy (non-hydrogen) atoms. The fourth-order valence-corrected chi connectivity index (χ4v) is 3.59. The molecule has 0 aliphatic carbocycles. The molecular formula is C17H22N2O2S2. The Morgan fingerprint density at radius 1 is 1.39 bits per heavy atom. The summed E-state index contributed by atoms with van der Waals surface area (Å²) in [5.41, 5.74) is 0.602. The summed E-state index contributed by atoms with van der Waals surface area (Å²) in [5, 5.41) is 2.64. The van der Waals surface area contributed by atoms with Crippen LogP contribution in [-0.2, 0) is 4.74 Å². The highest BCUT2D eigenvalue weighted by Gasteiger charge is 2.17. The molecule has 0 spiro atoms. The molecule has 0 saturated carbocycles. The van der Waals surface area contributed by atoms with Gasteiger partial charge >= 0.3 is 0 Å². The molecule has 0 aromatic carbocycles. The highest BCUT2D eigenvalue weighted by Crippen LogP contribution is 2.27. The van der Waals surface area contributed by atoms with Crippen LogP contribution in [-0.4, -0.2) is 48.4 Å². The zero-order chi connectivity index (χ0) is 16.7. The Hall–Kier alpha value is -1.21. The lowest BCUT2D eigenvalue weighted by Gasteiger charge is -2.15. The van der Waals surface area contributed by atoms with E-state index in [1.165, 1.54) is 23.1 Å². The molecule has 1 atom stereocenters. The van der Waals surface area contributed by atoms with Gasteiger partial charge in [-0.1, -0.05) is 17.8 Å². The summed E-state index contributed by atoms with van der Waals surface area (Å²) >= 11 is 2.94. The summed E-state index contributed by atoms with van der Waals surface area (Å²) in [6.45, 7) is 3.70. The summed E-state index contributed by atoms with van der Waals surface area (Å²) in [7, 11) is 4.10. The van der Waals surface area contributed by atoms with Crippen molar-refractivity contribution in [3.8, 4) is 0 Å². The second kappa shape index (κ2) is 9.17. The van der Waals surface area contributed by atoms with Crippen molar-refractivity contribution >= 4 is 28.9 Å². The second-order valence-electron chi connectivity index (χ2n) is 5.38. The van der Waals surface area contributed by atoms with Crippen molar-refractivity contribution in [1.82, 2.24) is 9.88 Å². The lowest BCUT2D eigenvalue weighted by molar-refractivity contribution is 0.103. The number of carbonyl (C=O) groups is 1. The molecule has 0 radical (unpaired) electrons. The SMILES string of the molecule is CC(OCCCN(C)C)Sc1ncccc1C(=O)c1cccs1. The summed E-state index contributed by atoms with van der Waals surface area (Å²) in [5.74, 6) is 0.0235. The molecule has 4 nitrogen and oxygen atoms in total. The van der Waals surface area contributed by atoms with Crippen LogP contribution in [0.5, 0.6) is 0 Å². The Labute approximate surface area is 145 Å². The van der Waals surface area contributed by atoms with Gasteiger partial charge in [-0.15, -0.1) is 11.3 Å². The van der Waals surface area contributed by atoms with Crippen molar-refractivity contribution in [2.24, 2.45) is 0 Å². The van der Waals surface area contributed by atoms with Crippen LogP contribution >= 0.6 is 23.1 Å². The molecule has 0 N–H and O–H groups in total. The molecule has 0 fully saturated rings. The van der Waals surface area contributed by atoms with Gasteiger partial charge < -0.3 is 9.64 Å². The second-order valence-corrected chi connectivity index (χ2v) is 7.61. The number of hydrogen-bond acceptors (Lipinski definition) is 6. The number of hydrogen-bond donors (Lipinski definition) is 0. The summed E-state index contributed by atoms with van der Waals surface area (Å²) < 4.78 is 5.81. The predicted octanol–water partition coefficient (Wildman–Crippen LogP) is 3.78. The van der Waals surface area contributed by atoms with Crippen LogP contribution in [0.2, 0.25) is 0 Å². The minimum Gasteiger partial charge on any atom is -0.367 e. The molecule has 2 rings (SSSR count). The summed E-state index contributed by atoms with van der Waals surface area (Å²) in [6, 6.07) is 7.36. The third-order valence-electron chi connectivity index (χ3n) is 3.14. The largest absolute Gasteiger partial charge is 0.367 e. The molecule has 2 aromatic heterocycles. The molecule has 124 valence electrons. The van der Waals surface area contributed by atoms with Crippen LogP contribution < -0.4 is 0 Å². The van der Waals surface area contributed by atoms with E-state index in [9.17, 15) is 4.79 Å². The smallest absolute Gasteiger partial charge is 0.205 e. The van der Waals surface area contributed by atoms with Gasteiger partial charge in [-0.2, -0.15) is 0 Å². The van der Waals surface area contributed by atoms with Crippen LogP contribution in [0.15, 0.2) is 40.9 Å². The van der Waals surface area contributed by atoms with Crippen molar-refractivity contribution in [2.75, 3.05) is 27.2 Å². The van der Waals surface area contributed by atoms with Crippen molar-refractivity contribution in [3.05, 3.63) is 46.3 Å². The lowest BCUT2D eigenvalue weighted by Crippen LogP contribution is -2.16. The molecule has 1 unspecified atom stereocenters. The first-order valence-electron chi connectivity index (χ1n) is 7.54. The first-order valence-corrected chi connectivity index (χ1v) is 9.30. The molecule has 0 aliphatic rings. The fraction of sp³-hybridized carbons (Fsp3) is 0.412. The van der Waals surface area contributed by atoms with Gasteiger partial charge in [-0.25, -0.2) is 4.98 Å². The number of ether oxygens (including phenoxy) is 1. The molecule has 0 amide bonds. The van der Waals surface area contributed by atoms with E-state index in [4.69, 9.17) is 4.74 Å². The van der Waals surface area contributed by atoms with Crippen LogP contribution in [0.3, 0.4) is 0 Å². The Morgan fingerprint density at radius 2 is 2.22 bits per heavy atom. The van der Waals surface area contributed by atoms with Crippen LogP contribution in [0, 0.1) is 0 Å². The van der Waals surface area contributed by atoms with E-state index < -0.39 is 0 Å². The first-order chi connectivity index (χ1) is 11.1. The highest BCUT2D eigenvalue weighted by molar-refractivity contribution is 7.99. The maximum Gasteiger partial charge on any atom is 0.205 e. The van der Waals surface area contributed by atoms with Crippen molar-refractivity contribution in [2.45, 2.75) is 23.8 Å². The quantitative estimate of drug-likeness (QED) is 0.298. The number of carbonyl (C=O) groups excluding carboxylic acids is 1. The molecule has 2 aromatic rings. The van der Waals surface area contributed by atoms with Gasteiger partial charge in [0.15, 0.2) is 0 Å². The topological polar surface area (TPSA) is 42.4 Å². The van der Waals surface area contributed by atoms with Gasteiger partial charge in [0.2, 0.25) is 5.78 Å². The minimum absolute atomic E-state index is 0.0235. The maximum atomic E-state index is 12.6. The number of thioether (sulfide) groups is 1. The molecule has 6 heteroatoms. The number of ketones is 1. The number of nitrogens with zero attached hydrogens (tertiary/aromatic N) is 2. The van der Waals surface area contributed by atoms with Gasteiger partial charge in [-0.05, 0) is 57.6 Å². The van der Waals surface area contributed by atoms with Gasteiger partial charge in [0.1, 0.15) is 10.5 Å². The van der Waals surface area contributed by atoms with Gasteiger partial charge in [0, 0.05) is 12.8 Å². The normalized spacial score (nSPS) is 12.5. The van der Waals surface area contributed by atoms with Crippen LogP contribution in [0.1, 0.15) is 28.6 Å². The zero-order valence-corrected chi connectivity index (χ0v) is 15.3. The third-order valence-corrected chi connectivity index (χ3v) is 5.03. The predicted molar refractivity (Wildman–Crippen MR) is 96.4 cm³/mol. The minimum atomic E-state index is -0.0399. The maximum absolute atomic E-state index is 12.6. The molecule has 0 aliphatic heterocycles. The number of rotatable bonds is 9. The van der Waals surface area contributed by atoms with Gasteiger partial charge in [-0.3, -0.25) is 4.79 Å². The molecule has 2 heterocycles. The molecular weight excluding hydrogens is 328 g/mol. The zero-order valence-electron chi connectivity index (χ0n) is 13.7. The number of thiophene rings is 1. The Morgan fingerprint density at radius 3 is 2.91 bits per heavy atom. The van der Waals surface area contributed by atoms with Crippen LogP contribution in [0.25, 0.3) is 0 Å². The van der Waals surface area contributed by atoms with Gasteiger partial charge in [0.05, 0.1) is 10.4 Å². The van der Waals surface area contributed by atoms with Crippen LogP contribution in [0.4, 0.5) is 0 Å². The summed E-state index contributed by atoms with van der Waals surface area (Å²) in [4.78, 5) is 19.8. The molecule has 0 saturated heterocycles. The highest BCUT2D eigenvalue weighted by atomic mass is 32.2. The Kier molecular flexibility index (Phi) is 7.23. The van der Waals surface area contributed by atoms with E-state index in [-0.39, 0.29) is 11.2 Å². The van der Waals surface area contributed by atoms with Crippen molar-refractivity contribution in [1.29, 1.82) is 0 Å². The monoisotopic (exact) mass is 350 g/mol. The first kappa shape index (κ1) is 18.1. The van der Waals surface area contributed by atoms with E-state index in [1.807, 2.05) is 30.5 Å². The Bertz CT molecular complexity index is 615. The van der Waals surface area contributed by atoms with E-state index in [0.717, 1.165) is 22.9 Å². The molecule has 0 bridgehead atoms. The standard InChI is InChI=1S/C17H22N2O2S2/c1-13(21-11-6-10-19(2)3)23-17-14(7-4-9-18-17)16(20)15-8-5-12-22-15/h4-5,7-9,12-13H,6,10-11H2,1-3H3. The van der Waals surface area contributed by atoms with E-state index in [2.05, 4.69) is 24.0 Å². The van der Waals surface area contributed by atoms with Gasteiger partial charge in [0.25, 0.3) is 0 Å². The Balaban J connectivity index is 1.96.